The molecule has 0 aliphatic heterocycles. The Morgan fingerprint density at radius 1 is 1.29 bits per heavy atom. The van der Waals surface area contributed by atoms with E-state index in [4.69, 9.17) is 4.74 Å². The maximum atomic E-state index is 12.2. The van der Waals surface area contributed by atoms with E-state index >= 15 is 0 Å². The number of rotatable bonds is 10. The van der Waals surface area contributed by atoms with Crippen LogP contribution in [0.25, 0.3) is 0 Å². The van der Waals surface area contributed by atoms with Crippen molar-refractivity contribution in [1.82, 2.24) is 10.2 Å². The number of nitrogens with one attached hydrogen (secondary N) is 1. The van der Waals surface area contributed by atoms with Crippen molar-refractivity contribution in [1.29, 1.82) is 0 Å². The van der Waals surface area contributed by atoms with E-state index < -0.39 is 5.54 Å². The van der Waals surface area contributed by atoms with Crippen LogP contribution in [-0.4, -0.2) is 48.7 Å². The van der Waals surface area contributed by atoms with Gasteiger partial charge in [-0.2, -0.15) is 0 Å². The fraction of sp³-hybridized carbons (Fsp3) is 0.941. The molecule has 1 aliphatic rings. The van der Waals surface area contributed by atoms with Crippen molar-refractivity contribution in [3.05, 3.63) is 0 Å². The Hall–Kier alpha value is -0.610. The van der Waals surface area contributed by atoms with Crippen LogP contribution in [0.3, 0.4) is 0 Å². The third-order valence-electron chi connectivity index (χ3n) is 4.66. The third kappa shape index (κ3) is 5.59. The first-order valence-corrected chi connectivity index (χ1v) is 8.73. The Balaban J connectivity index is 2.46. The summed E-state index contributed by atoms with van der Waals surface area (Å²) in [6, 6.07) is 0.767. The van der Waals surface area contributed by atoms with Crippen LogP contribution in [0.5, 0.6) is 0 Å². The van der Waals surface area contributed by atoms with Crippen LogP contribution in [0.15, 0.2) is 0 Å². The number of nitrogens with zero attached hydrogens (tertiary/aromatic N) is 1. The summed E-state index contributed by atoms with van der Waals surface area (Å²) in [5.74, 6) is -0.115. The second-order valence-electron chi connectivity index (χ2n) is 6.25. The van der Waals surface area contributed by atoms with Crippen molar-refractivity contribution in [2.75, 3.05) is 26.2 Å². The predicted octanol–water partition coefficient (Wildman–Crippen LogP) is 2.96. The molecular weight excluding hydrogens is 264 g/mol. The number of likely N-dealkylation sites (N-methyl/N-ethyl adjacent to an activating group) is 1. The summed E-state index contributed by atoms with van der Waals surface area (Å²) in [5, 5.41) is 3.31. The molecule has 124 valence electrons. The Kier molecular flexibility index (Phi) is 8.27. The first kappa shape index (κ1) is 18.4. The zero-order valence-corrected chi connectivity index (χ0v) is 14.4. The zero-order chi connectivity index (χ0) is 15.7. The standard InChI is InChI=1S/C17H34N2O2/c1-5-18-17(4,16(20)21-7-3)13-10-14-19(6-2)15-11-8-9-12-15/h15,18H,5-14H2,1-4H3. The van der Waals surface area contributed by atoms with E-state index in [2.05, 4.69) is 17.1 Å². The normalized spacial score (nSPS) is 18.9. The Labute approximate surface area is 130 Å². The molecule has 1 N–H and O–H groups in total. The summed E-state index contributed by atoms with van der Waals surface area (Å²) in [5.41, 5.74) is -0.542. The van der Waals surface area contributed by atoms with Gasteiger partial charge in [0.25, 0.3) is 0 Å². The highest BCUT2D eigenvalue weighted by Crippen LogP contribution is 2.24. The fourth-order valence-electron chi connectivity index (χ4n) is 3.45. The van der Waals surface area contributed by atoms with Gasteiger partial charge < -0.3 is 15.0 Å². The van der Waals surface area contributed by atoms with Crippen LogP contribution >= 0.6 is 0 Å². The molecule has 4 nitrogen and oxygen atoms in total. The molecule has 0 heterocycles. The van der Waals surface area contributed by atoms with Crippen LogP contribution in [-0.2, 0) is 9.53 Å². The number of carbonyl (C=O) groups excluding carboxylic acids is 1. The molecule has 4 heteroatoms. The van der Waals surface area contributed by atoms with Gasteiger partial charge in [0, 0.05) is 6.04 Å². The van der Waals surface area contributed by atoms with E-state index in [0.717, 1.165) is 38.5 Å². The molecule has 0 saturated heterocycles. The minimum Gasteiger partial charge on any atom is -0.465 e. The van der Waals surface area contributed by atoms with Gasteiger partial charge in [-0.15, -0.1) is 0 Å². The van der Waals surface area contributed by atoms with Gasteiger partial charge in [-0.05, 0) is 59.2 Å². The highest BCUT2D eigenvalue weighted by atomic mass is 16.5. The first-order chi connectivity index (χ1) is 10.1. The highest BCUT2D eigenvalue weighted by molar-refractivity contribution is 5.80. The van der Waals surface area contributed by atoms with Gasteiger partial charge in [0.15, 0.2) is 0 Å². The molecule has 21 heavy (non-hydrogen) atoms. The minimum atomic E-state index is -0.542. The summed E-state index contributed by atoms with van der Waals surface area (Å²) in [4.78, 5) is 14.7. The van der Waals surface area contributed by atoms with E-state index in [1.807, 2.05) is 20.8 Å². The molecule has 0 amide bonds. The molecule has 1 fully saturated rings. The predicted molar refractivity (Wildman–Crippen MR) is 87.5 cm³/mol. The van der Waals surface area contributed by atoms with E-state index in [-0.39, 0.29) is 5.97 Å². The topological polar surface area (TPSA) is 41.6 Å². The lowest BCUT2D eigenvalue weighted by molar-refractivity contribution is -0.150. The average Bonchev–Trinajstić information content (AvgIpc) is 2.98. The number of hydrogen-bond acceptors (Lipinski definition) is 4. The summed E-state index contributed by atoms with van der Waals surface area (Å²) in [6.07, 6.45) is 7.31. The molecule has 1 saturated carbocycles. The van der Waals surface area contributed by atoms with Gasteiger partial charge in [-0.25, -0.2) is 0 Å². The molecular formula is C17H34N2O2. The van der Waals surface area contributed by atoms with E-state index in [1.54, 1.807) is 0 Å². The van der Waals surface area contributed by atoms with Crippen LogP contribution < -0.4 is 5.32 Å². The molecule has 1 atom stereocenters. The minimum absolute atomic E-state index is 0.115. The van der Waals surface area contributed by atoms with E-state index in [1.165, 1.54) is 25.7 Å². The zero-order valence-electron chi connectivity index (χ0n) is 14.4. The number of carbonyl (C=O) groups is 1. The van der Waals surface area contributed by atoms with Crippen LogP contribution in [0.4, 0.5) is 0 Å². The van der Waals surface area contributed by atoms with Gasteiger partial charge in [-0.1, -0.05) is 26.7 Å². The molecule has 1 unspecified atom stereocenters. The summed E-state index contributed by atoms with van der Waals surface area (Å²) in [7, 11) is 0. The van der Waals surface area contributed by atoms with Gasteiger partial charge in [0.1, 0.15) is 5.54 Å². The SMILES string of the molecule is CCNC(C)(CCCN(CC)C1CCCC1)C(=O)OCC. The maximum absolute atomic E-state index is 12.2. The molecule has 0 aromatic carbocycles. The molecule has 1 aliphatic carbocycles. The molecule has 1 rings (SSSR count). The van der Waals surface area contributed by atoms with E-state index in [0.29, 0.717) is 6.61 Å². The van der Waals surface area contributed by atoms with E-state index in [9.17, 15) is 4.79 Å². The second kappa shape index (κ2) is 9.42. The Morgan fingerprint density at radius 3 is 2.48 bits per heavy atom. The van der Waals surface area contributed by atoms with Crippen LogP contribution in [0, 0.1) is 0 Å². The summed E-state index contributed by atoms with van der Waals surface area (Å²) < 4.78 is 5.23. The lowest BCUT2D eigenvalue weighted by Crippen LogP contribution is -2.51. The van der Waals surface area contributed by atoms with Crippen LogP contribution in [0.2, 0.25) is 0 Å². The van der Waals surface area contributed by atoms with Gasteiger partial charge in [-0.3, -0.25) is 4.79 Å². The fourth-order valence-corrected chi connectivity index (χ4v) is 3.45. The molecule has 0 spiro atoms. The Bertz CT molecular complexity index is 303. The molecule has 0 aromatic heterocycles. The molecule has 0 bridgehead atoms. The van der Waals surface area contributed by atoms with Crippen LogP contribution in [0.1, 0.15) is 66.2 Å². The monoisotopic (exact) mass is 298 g/mol. The second-order valence-corrected chi connectivity index (χ2v) is 6.25. The van der Waals surface area contributed by atoms with Crippen molar-refractivity contribution in [2.45, 2.75) is 77.8 Å². The van der Waals surface area contributed by atoms with Crippen molar-refractivity contribution in [3.8, 4) is 0 Å². The number of esters is 1. The van der Waals surface area contributed by atoms with Crippen molar-refractivity contribution >= 4 is 5.97 Å². The lowest BCUT2D eigenvalue weighted by atomic mass is 9.95. The van der Waals surface area contributed by atoms with Crippen molar-refractivity contribution < 1.29 is 9.53 Å². The number of ether oxygens (including phenoxy) is 1. The molecule has 0 aromatic rings. The van der Waals surface area contributed by atoms with Gasteiger partial charge in [0.05, 0.1) is 6.61 Å². The molecule has 0 radical (unpaired) electrons. The smallest absolute Gasteiger partial charge is 0.326 e. The quantitative estimate of drug-likeness (QED) is 0.630. The number of hydrogen-bond donors (Lipinski definition) is 1. The first-order valence-electron chi connectivity index (χ1n) is 8.73. The lowest BCUT2D eigenvalue weighted by Gasteiger charge is -2.31. The van der Waals surface area contributed by atoms with Gasteiger partial charge in [0.2, 0.25) is 0 Å². The Morgan fingerprint density at radius 2 is 1.95 bits per heavy atom. The average molecular weight is 298 g/mol. The third-order valence-corrected chi connectivity index (χ3v) is 4.66. The highest BCUT2D eigenvalue weighted by Gasteiger charge is 2.33. The van der Waals surface area contributed by atoms with Crippen molar-refractivity contribution in [3.63, 3.8) is 0 Å². The summed E-state index contributed by atoms with van der Waals surface area (Å²) >= 11 is 0. The largest absolute Gasteiger partial charge is 0.465 e. The summed E-state index contributed by atoms with van der Waals surface area (Å²) in [6.45, 7) is 11.5. The maximum Gasteiger partial charge on any atom is 0.326 e. The van der Waals surface area contributed by atoms with Gasteiger partial charge >= 0.3 is 5.97 Å². The van der Waals surface area contributed by atoms with Crippen molar-refractivity contribution in [2.24, 2.45) is 0 Å².